The Hall–Kier alpha value is -0.433. The van der Waals surface area contributed by atoms with E-state index in [2.05, 4.69) is 54.6 Å². The molecule has 1 saturated carbocycles. The largest absolute Gasteiger partial charge is 0.469 e. The SMILES string of the molecule is CCCCCCCCCCCCCCCCCC[C@H](C)[C@H](CCCCCCCCCCCCCCCC[C@H](C)C1C[C@H]1CCCCCCCCCCCCCCCCCC[C@@H](O[Si](C)(C)C(C)(C)C)[C@@H](CCCCCCCCCCCCCCCCCCCCCCCCO)C(=O)OC)OC. The number of ether oxygens (including phenoxy) is 2. The number of carbonyl (C=O) groups excluding carboxylic acids is 1. The topological polar surface area (TPSA) is 65.0 Å². The van der Waals surface area contributed by atoms with Crippen molar-refractivity contribution in [3.63, 3.8) is 0 Å². The van der Waals surface area contributed by atoms with Crippen molar-refractivity contribution < 1.29 is 23.8 Å². The third-order valence-corrected chi connectivity index (χ3v) is 30.0. The highest BCUT2D eigenvalue weighted by molar-refractivity contribution is 6.74. The van der Waals surface area contributed by atoms with Crippen molar-refractivity contribution in [2.75, 3.05) is 20.8 Å². The average molecular weight is 1440 g/mol. The van der Waals surface area contributed by atoms with Crippen LogP contribution in [0.3, 0.4) is 0 Å². The fourth-order valence-corrected chi connectivity index (χ4v) is 18.4. The molecule has 101 heavy (non-hydrogen) atoms. The zero-order valence-corrected chi connectivity index (χ0v) is 72.4. The van der Waals surface area contributed by atoms with Gasteiger partial charge in [-0.15, -0.1) is 0 Å². The highest BCUT2D eigenvalue weighted by Crippen LogP contribution is 2.49. The zero-order valence-electron chi connectivity index (χ0n) is 71.4. The predicted molar refractivity (Wildman–Crippen MR) is 453 cm³/mol. The minimum absolute atomic E-state index is 0.0219. The summed E-state index contributed by atoms with van der Waals surface area (Å²) in [7, 11) is 1.51. The first kappa shape index (κ1) is 98.6. The van der Waals surface area contributed by atoms with Gasteiger partial charge in [-0.2, -0.15) is 0 Å². The van der Waals surface area contributed by atoms with Gasteiger partial charge in [-0.25, -0.2) is 0 Å². The molecule has 1 rings (SSSR count). The van der Waals surface area contributed by atoms with Gasteiger partial charge in [0.25, 0.3) is 0 Å². The normalized spacial score (nSPS) is 15.8. The highest BCUT2D eigenvalue weighted by atomic mass is 28.4. The van der Waals surface area contributed by atoms with Gasteiger partial charge in [0.15, 0.2) is 8.32 Å². The van der Waals surface area contributed by atoms with E-state index in [-0.39, 0.29) is 23.0 Å². The molecule has 0 saturated heterocycles. The first-order chi connectivity index (χ1) is 49.3. The number of rotatable bonds is 84. The number of aliphatic hydroxyl groups is 1. The lowest BCUT2D eigenvalue weighted by Crippen LogP contribution is -2.47. The maximum atomic E-state index is 13.4. The molecule has 0 aromatic heterocycles. The van der Waals surface area contributed by atoms with E-state index in [0.29, 0.717) is 18.6 Å². The standard InChI is InChI=1S/C95H190O5Si/c1-11-12-13-14-15-16-17-18-19-30-38-45-52-59-66-73-80-88(3)92(98-7)83-76-69-62-55-48-41-35-34-37-44-51-58-65-72-79-87(2)91-86-89(91)81-74-67-60-53-46-39-31-27-28-33-42-49-56-63-70-77-84-93(100-101(9,10)95(4,5)6)90(94(97)99-8)82-75-68-61-54-47-40-32-26-24-22-20-21-23-25-29-36-43-50-57-64-71-78-85-96/h87-93,96H,11-86H2,1-10H3/t87-,88-,89+,90+,91?,92-,93+/m0/s1. The van der Waals surface area contributed by atoms with Crippen molar-refractivity contribution in [3.05, 3.63) is 0 Å². The summed E-state index contributed by atoms with van der Waals surface area (Å²) in [6.45, 7) is 19.4. The van der Waals surface area contributed by atoms with Crippen molar-refractivity contribution >= 4 is 14.3 Å². The molecule has 0 heterocycles. The lowest BCUT2D eigenvalue weighted by Gasteiger charge is -2.41. The van der Waals surface area contributed by atoms with E-state index >= 15 is 0 Å². The molecule has 0 radical (unpaired) electrons. The molecule has 0 bridgehead atoms. The van der Waals surface area contributed by atoms with Crippen LogP contribution in [0.4, 0.5) is 0 Å². The van der Waals surface area contributed by atoms with Gasteiger partial charge < -0.3 is 19.0 Å². The van der Waals surface area contributed by atoms with Crippen molar-refractivity contribution in [2.24, 2.45) is 29.6 Å². The second-order valence-electron chi connectivity index (χ2n) is 36.1. The Kier molecular flexibility index (Phi) is 71.9. The second kappa shape index (κ2) is 73.7. The quantitative estimate of drug-likeness (QED) is 0.0373. The van der Waals surface area contributed by atoms with Crippen LogP contribution in [-0.2, 0) is 18.7 Å². The molecule has 0 spiro atoms. The minimum atomic E-state index is -2.04. The summed E-state index contributed by atoms with van der Waals surface area (Å²) in [5, 5.41) is 9.02. The van der Waals surface area contributed by atoms with Crippen LogP contribution >= 0.6 is 0 Å². The molecule has 7 atom stereocenters. The molecule has 1 N–H and O–H groups in total. The molecule has 0 aromatic carbocycles. The summed E-state index contributed by atoms with van der Waals surface area (Å²) in [5.74, 6) is 3.62. The van der Waals surface area contributed by atoms with Crippen molar-refractivity contribution in [3.8, 4) is 0 Å². The summed E-state index contributed by atoms with van der Waals surface area (Å²) in [4.78, 5) is 13.4. The lowest BCUT2D eigenvalue weighted by molar-refractivity contribution is -0.149. The van der Waals surface area contributed by atoms with Gasteiger partial charge in [-0.05, 0) is 80.3 Å². The van der Waals surface area contributed by atoms with E-state index in [1.807, 2.05) is 7.11 Å². The molecule has 1 fully saturated rings. The summed E-state index contributed by atoms with van der Waals surface area (Å²) in [5.41, 5.74) is 0. The smallest absolute Gasteiger partial charge is 0.311 e. The average Bonchev–Trinajstić information content (AvgIpc) is 1.38. The van der Waals surface area contributed by atoms with Crippen LogP contribution in [0.25, 0.3) is 0 Å². The molecule has 0 amide bonds. The summed E-state index contributed by atoms with van der Waals surface area (Å²) < 4.78 is 18.6. The number of hydrogen-bond acceptors (Lipinski definition) is 5. The van der Waals surface area contributed by atoms with E-state index in [1.165, 1.54) is 443 Å². The third-order valence-electron chi connectivity index (χ3n) is 25.5. The molecule has 1 aliphatic rings. The van der Waals surface area contributed by atoms with Gasteiger partial charge >= 0.3 is 5.97 Å². The molecular formula is C95H190O5Si. The summed E-state index contributed by atoms with van der Waals surface area (Å²) in [6, 6.07) is 0. The van der Waals surface area contributed by atoms with Gasteiger partial charge in [0.1, 0.15) is 0 Å². The number of hydrogen-bond donors (Lipinski definition) is 1. The molecule has 0 aliphatic heterocycles. The lowest BCUT2D eigenvalue weighted by atomic mass is 9.91. The van der Waals surface area contributed by atoms with Gasteiger partial charge in [-0.3, -0.25) is 4.79 Å². The van der Waals surface area contributed by atoms with E-state index in [4.69, 9.17) is 19.0 Å². The zero-order chi connectivity index (χ0) is 73.5. The number of esters is 1. The van der Waals surface area contributed by atoms with Crippen molar-refractivity contribution in [2.45, 2.75) is 553 Å². The summed E-state index contributed by atoms with van der Waals surface area (Å²) >= 11 is 0. The Morgan fingerprint density at radius 1 is 0.356 bits per heavy atom. The number of unbranched alkanes of at least 4 members (excludes halogenated alkanes) is 64. The maximum Gasteiger partial charge on any atom is 0.311 e. The third kappa shape index (κ3) is 63.1. The fraction of sp³-hybridized carbons (Fsp3) is 0.989. The first-order valence-electron chi connectivity index (χ1n) is 47.2. The van der Waals surface area contributed by atoms with Crippen LogP contribution in [0, 0.1) is 29.6 Å². The Morgan fingerprint density at radius 3 is 0.901 bits per heavy atom. The van der Waals surface area contributed by atoms with Crippen LogP contribution < -0.4 is 0 Å². The maximum absolute atomic E-state index is 13.4. The van der Waals surface area contributed by atoms with E-state index in [0.717, 1.165) is 49.9 Å². The van der Waals surface area contributed by atoms with Crippen LogP contribution in [0.1, 0.15) is 523 Å². The second-order valence-corrected chi connectivity index (χ2v) is 40.8. The van der Waals surface area contributed by atoms with E-state index in [1.54, 1.807) is 13.5 Å². The van der Waals surface area contributed by atoms with Gasteiger partial charge in [0, 0.05) is 13.7 Å². The number of aliphatic hydroxyl groups excluding tert-OH is 1. The Labute approximate surface area is 638 Å². The Bertz CT molecular complexity index is 1640. The fourth-order valence-electron chi connectivity index (χ4n) is 17.0. The number of methoxy groups -OCH3 is 2. The van der Waals surface area contributed by atoms with Crippen molar-refractivity contribution in [1.29, 1.82) is 0 Å². The van der Waals surface area contributed by atoms with E-state index in [9.17, 15) is 4.79 Å². The van der Waals surface area contributed by atoms with Crippen LogP contribution in [0.15, 0.2) is 0 Å². The molecule has 604 valence electrons. The molecule has 0 aromatic rings. The molecule has 1 aliphatic carbocycles. The van der Waals surface area contributed by atoms with Crippen LogP contribution in [-0.4, -0.2) is 52.4 Å². The molecule has 1 unspecified atom stereocenters. The van der Waals surface area contributed by atoms with Crippen LogP contribution in [0.2, 0.25) is 18.1 Å². The van der Waals surface area contributed by atoms with Gasteiger partial charge in [0.05, 0.1) is 25.2 Å². The molecule has 6 heteroatoms. The monoisotopic (exact) mass is 1440 g/mol. The Balaban J connectivity index is 1.96. The van der Waals surface area contributed by atoms with Crippen LogP contribution in [0.5, 0.6) is 0 Å². The minimum Gasteiger partial charge on any atom is -0.469 e. The first-order valence-corrected chi connectivity index (χ1v) is 50.1. The van der Waals surface area contributed by atoms with E-state index < -0.39 is 8.32 Å². The van der Waals surface area contributed by atoms with Crippen molar-refractivity contribution in [1.82, 2.24) is 0 Å². The van der Waals surface area contributed by atoms with Gasteiger partial charge in [0.2, 0.25) is 0 Å². The highest BCUT2D eigenvalue weighted by Gasteiger charge is 2.42. The molecular weight excluding hydrogens is 1250 g/mol. The molecule has 5 nitrogen and oxygen atoms in total. The number of carbonyl (C=O) groups is 1. The predicted octanol–water partition coefficient (Wildman–Crippen LogP) is 33.0. The Morgan fingerprint density at radius 2 is 0.614 bits per heavy atom. The van der Waals surface area contributed by atoms with Gasteiger partial charge in [-0.1, -0.05) is 485 Å². The summed E-state index contributed by atoms with van der Waals surface area (Å²) in [6.07, 6.45) is 105.